The van der Waals surface area contributed by atoms with Crippen LogP contribution in [0.3, 0.4) is 0 Å². The number of anilines is 1. The van der Waals surface area contributed by atoms with E-state index in [2.05, 4.69) is 34.9 Å². The second kappa shape index (κ2) is 9.14. The maximum absolute atomic E-state index is 12.6. The molecular weight excluding hydrogens is 380 g/mol. The molecule has 3 aromatic carbocycles. The standard InChI is InChI=1S/C24H24N2O2S/c27-23(16-29-20-14-13-17-7-1-2-8-18(17)15-20)26-22-12-6-5-11-21(22)24(28)25-19-9-3-4-10-19/h1-2,5-8,11-15,19H,3-4,9-10,16H2,(H,25,28)(H,26,27). The maximum Gasteiger partial charge on any atom is 0.253 e. The molecule has 148 valence electrons. The van der Waals surface area contributed by atoms with Crippen LogP contribution in [0, 0.1) is 0 Å². The second-order valence-electron chi connectivity index (χ2n) is 7.35. The molecule has 2 N–H and O–H groups in total. The zero-order valence-electron chi connectivity index (χ0n) is 16.2. The van der Waals surface area contributed by atoms with Gasteiger partial charge in [-0.2, -0.15) is 0 Å². The Labute approximate surface area is 175 Å². The molecule has 3 aromatic rings. The molecular formula is C24H24N2O2S. The first kappa shape index (κ1) is 19.5. The Bertz CT molecular complexity index is 1030. The number of hydrogen-bond donors (Lipinski definition) is 2. The van der Waals surface area contributed by atoms with E-state index >= 15 is 0 Å². The maximum atomic E-state index is 12.6. The summed E-state index contributed by atoms with van der Waals surface area (Å²) in [5.41, 5.74) is 1.08. The topological polar surface area (TPSA) is 58.2 Å². The van der Waals surface area contributed by atoms with Crippen LogP contribution in [-0.4, -0.2) is 23.6 Å². The first-order chi connectivity index (χ1) is 14.2. The Hall–Kier alpha value is -2.79. The zero-order chi connectivity index (χ0) is 20.1. The molecule has 4 rings (SSSR count). The van der Waals surface area contributed by atoms with Crippen molar-refractivity contribution in [1.29, 1.82) is 0 Å². The number of carbonyl (C=O) groups excluding carboxylic acids is 2. The minimum atomic E-state index is -0.121. The number of hydrogen-bond acceptors (Lipinski definition) is 3. The smallest absolute Gasteiger partial charge is 0.253 e. The van der Waals surface area contributed by atoms with Crippen molar-refractivity contribution >= 4 is 40.0 Å². The number of rotatable bonds is 6. The van der Waals surface area contributed by atoms with Gasteiger partial charge in [-0.05, 0) is 47.9 Å². The highest BCUT2D eigenvalue weighted by Crippen LogP contribution is 2.24. The Kier molecular flexibility index (Phi) is 6.15. The lowest BCUT2D eigenvalue weighted by molar-refractivity contribution is -0.113. The molecule has 29 heavy (non-hydrogen) atoms. The Morgan fingerprint density at radius 3 is 2.45 bits per heavy atom. The molecule has 4 nitrogen and oxygen atoms in total. The molecule has 0 atom stereocenters. The van der Waals surface area contributed by atoms with E-state index in [1.54, 1.807) is 12.1 Å². The van der Waals surface area contributed by atoms with Gasteiger partial charge in [0.25, 0.3) is 5.91 Å². The normalized spacial score (nSPS) is 14.1. The van der Waals surface area contributed by atoms with E-state index in [1.807, 2.05) is 30.3 Å². The lowest BCUT2D eigenvalue weighted by Gasteiger charge is -2.15. The highest BCUT2D eigenvalue weighted by molar-refractivity contribution is 8.00. The molecule has 5 heteroatoms. The number of carbonyl (C=O) groups is 2. The van der Waals surface area contributed by atoms with Gasteiger partial charge in [0.15, 0.2) is 0 Å². The predicted molar refractivity (Wildman–Crippen MR) is 119 cm³/mol. The van der Waals surface area contributed by atoms with Gasteiger partial charge < -0.3 is 10.6 Å². The van der Waals surface area contributed by atoms with Crippen LogP contribution in [0.1, 0.15) is 36.0 Å². The molecule has 0 aromatic heterocycles. The van der Waals surface area contributed by atoms with Gasteiger partial charge in [-0.15, -0.1) is 11.8 Å². The molecule has 0 radical (unpaired) electrons. The third-order valence-corrected chi connectivity index (χ3v) is 6.22. The molecule has 0 heterocycles. The molecule has 0 spiro atoms. The number of fused-ring (bicyclic) bond motifs is 1. The largest absolute Gasteiger partial charge is 0.349 e. The summed E-state index contributed by atoms with van der Waals surface area (Å²) >= 11 is 1.49. The van der Waals surface area contributed by atoms with E-state index in [-0.39, 0.29) is 23.6 Å². The van der Waals surface area contributed by atoms with Crippen LogP contribution < -0.4 is 10.6 Å². The third-order valence-electron chi connectivity index (χ3n) is 5.23. The number of para-hydroxylation sites is 1. The average Bonchev–Trinajstić information content (AvgIpc) is 3.25. The summed E-state index contributed by atoms with van der Waals surface area (Å²) in [4.78, 5) is 26.2. The molecule has 1 saturated carbocycles. The summed E-state index contributed by atoms with van der Waals surface area (Å²) in [6.07, 6.45) is 4.38. The fourth-order valence-electron chi connectivity index (χ4n) is 3.72. The molecule has 0 aliphatic heterocycles. The molecule has 1 aliphatic carbocycles. The van der Waals surface area contributed by atoms with Crippen molar-refractivity contribution in [3.05, 3.63) is 72.3 Å². The minimum absolute atomic E-state index is 0.116. The van der Waals surface area contributed by atoms with Crippen molar-refractivity contribution in [2.45, 2.75) is 36.6 Å². The lowest BCUT2D eigenvalue weighted by Crippen LogP contribution is -2.33. The van der Waals surface area contributed by atoms with E-state index in [4.69, 9.17) is 0 Å². The van der Waals surface area contributed by atoms with Crippen molar-refractivity contribution in [2.24, 2.45) is 0 Å². The van der Waals surface area contributed by atoms with Gasteiger partial charge in [0.2, 0.25) is 5.91 Å². The van der Waals surface area contributed by atoms with Crippen LogP contribution >= 0.6 is 11.8 Å². The van der Waals surface area contributed by atoms with E-state index in [9.17, 15) is 9.59 Å². The summed E-state index contributed by atoms with van der Waals surface area (Å²) in [6.45, 7) is 0. The predicted octanol–water partition coefficient (Wildman–Crippen LogP) is 5.24. The van der Waals surface area contributed by atoms with Crippen LogP contribution in [0.25, 0.3) is 10.8 Å². The van der Waals surface area contributed by atoms with E-state index in [1.165, 1.54) is 17.1 Å². The Morgan fingerprint density at radius 1 is 0.897 bits per heavy atom. The summed E-state index contributed by atoms with van der Waals surface area (Å²) in [5, 5.41) is 8.33. The molecule has 0 saturated heterocycles. The fraction of sp³-hybridized carbons (Fsp3) is 0.250. The number of amides is 2. The van der Waals surface area contributed by atoms with Crippen LogP contribution in [0.5, 0.6) is 0 Å². The Balaban J connectivity index is 1.38. The monoisotopic (exact) mass is 404 g/mol. The molecule has 0 bridgehead atoms. The summed E-state index contributed by atoms with van der Waals surface area (Å²) < 4.78 is 0. The zero-order valence-corrected chi connectivity index (χ0v) is 17.0. The molecule has 0 unspecified atom stereocenters. The van der Waals surface area contributed by atoms with Crippen molar-refractivity contribution in [2.75, 3.05) is 11.1 Å². The minimum Gasteiger partial charge on any atom is -0.349 e. The van der Waals surface area contributed by atoms with Crippen LogP contribution in [-0.2, 0) is 4.79 Å². The van der Waals surface area contributed by atoms with Gasteiger partial charge in [-0.1, -0.05) is 55.3 Å². The van der Waals surface area contributed by atoms with E-state index in [0.29, 0.717) is 11.3 Å². The average molecular weight is 405 g/mol. The van der Waals surface area contributed by atoms with Crippen molar-refractivity contribution in [1.82, 2.24) is 5.32 Å². The van der Waals surface area contributed by atoms with Gasteiger partial charge >= 0.3 is 0 Å². The lowest BCUT2D eigenvalue weighted by atomic mass is 10.1. The van der Waals surface area contributed by atoms with E-state index in [0.717, 1.165) is 36.0 Å². The van der Waals surface area contributed by atoms with Gasteiger partial charge in [0, 0.05) is 10.9 Å². The van der Waals surface area contributed by atoms with Gasteiger partial charge in [0.1, 0.15) is 0 Å². The molecule has 1 aliphatic rings. The van der Waals surface area contributed by atoms with Crippen LogP contribution in [0.2, 0.25) is 0 Å². The van der Waals surface area contributed by atoms with Crippen LogP contribution in [0.4, 0.5) is 5.69 Å². The van der Waals surface area contributed by atoms with Crippen molar-refractivity contribution in [3.63, 3.8) is 0 Å². The van der Waals surface area contributed by atoms with Gasteiger partial charge in [-0.3, -0.25) is 9.59 Å². The summed E-state index contributed by atoms with van der Waals surface area (Å²) in [5.74, 6) is 0.0518. The number of nitrogens with one attached hydrogen (secondary N) is 2. The fourth-order valence-corrected chi connectivity index (χ4v) is 4.46. The highest BCUT2D eigenvalue weighted by Gasteiger charge is 2.20. The molecule has 1 fully saturated rings. The first-order valence-corrected chi connectivity index (χ1v) is 11.0. The van der Waals surface area contributed by atoms with Gasteiger partial charge in [0.05, 0.1) is 17.0 Å². The van der Waals surface area contributed by atoms with Gasteiger partial charge in [-0.25, -0.2) is 0 Å². The SMILES string of the molecule is O=C(CSc1ccc2ccccc2c1)Nc1ccccc1C(=O)NC1CCCC1. The number of benzene rings is 3. The third kappa shape index (κ3) is 4.98. The second-order valence-corrected chi connectivity index (χ2v) is 8.39. The first-order valence-electron chi connectivity index (χ1n) is 10.0. The van der Waals surface area contributed by atoms with Crippen molar-refractivity contribution < 1.29 is 9.59 Å². The summed E-state index contributed by atoms with van der Waals surface area (Å²) in [7, 11) is 0. The Morgan fingerprint density at radius 2 is 1.62 bits per heavy atom. The van der Waals surface area contributed by atoms with Crippen molar-refractivity contribution in [3.8, 4) is 0 Å². The van der Waals surface area contributed by atoms with Crippen LogP contribution in [0.15, 0.2) is 71.6 Å². The van der Waals surface area contributed by atoms with E-state index < -0.39 is 0 Å². The quantitative estimate of drug-likeness (QED) is 0.552. The highest BCUT2D eigenvalue weighted by atomic mass is 32.2. The summed E-state index contributed by atoms with van der Waals surface area (Å²) in [6, 6.07) is 21.8. The molecule has 2 amide bonds. The number of thioether (sulfide) groups is 1.